The predicted octanol–water partition coefficient (Wildman–Crippen LogP) is 0.906. The minimum absolute atomic E-state index is 0. The Bertz CT molecular complexity index is 675. The molecule has 1 aliphatic rings. The van der Waals surface area contributed by atoms with Gasteiger partial charge in [-0.25, -0.2) is 0 Å². The fraction of sp³-hybridized carbons (Fsp3) is 0.471. The van der Waals surface area contributed by atoms with E-state index in [-0.39, 0.29) is 24.4 Å². The van der Waals surface area contributed by atoms with Gasteiger partial charge in [0.25, 0.3) is 0 Å². The van der Waals surface area contributed by atoms with Crippen molar-refractivity contribution in [2.75, 3.05) is 33.3 Å². The molecule has 6 nitrogen and oxygen atoms in total. The van der Waals surface area contributed by atoms with E-state index in [0.29, 0.717) is 19.6 Å². The second kappa shape index (κ2) is 8.48. The number of nitrogens with zero attached hydrogens (tertiary/aromatic N) is 1. The molecule has 1 unspecified atom stereocenters. The average molecular weight is 353 g/mol. The Morgan fingerprint density at radius 1 is 1.50 bits per heavy atom. The zero-order valence-corrected chi connectivity index (χ0v) is 14.6. The average Bonchev–Trinajstić information content (AvgIpc) is 2.96. The highest BCUT2D eigenvalue weighted by atomic mass is 35.5. The lowest BCUT2D eigenvalue weighted by Crippen LogP contribution is -2.49. The van der Waals surface area contributed by atoms with Crippen LogP contribution < -0.4 is 11.1 Å². The van der Waals surface area contributed by atoms with Crippen LogP contribution in [0, 0.1) is 0 Å². The monoisotopic (exact) mass is 352 g/mol. The Hall–Kier alpha value is -1.60. The van der Waals surface area contributed by atoms with Crippen LogP contribution in [0.15, 0.2) is 30.5 Å². The third-order valence-electron chi connectivity index (χ3n) is 4.30. The maximum absolute atomic E-state index is 12.2. The summed E-state index contributed by atoms with van der Waals surface area (Å²) >= 11 is 0. The lowest BCUT2D eigenvalue weighted by Gasteiger charge is -2.30. The van der Waals surface area contributed by atoms with Gasteiger partial charge in [0.1, 0.15) is 0 Å². The molecule has 2 aromatic rings. The van der Waals surface area contributed by atoms with Gasteiger partial charge in [0, 0.05) is 36.7 Å². The summed E-state index contributed by atoms with van der Waals surface area (Å²) in [6, 6.07) is 7.47. The molecule has 1 aliphatic heterocycles. The smallest absolute Gasteiger partial charge is 0.237 e. The van der Waals surface area contributed by atoms with Gasteiger partial charge in [0.15, 0.2) is 0 Å². The third kappa shape index (κ3) is 4.48. The molecule has 1 amide bonds. The van der Waals surface area contributed by atoms with Crippen LogP contribution in [0.4, 0.5) is 0 Å². The second-order valence-corrected chi connectivity index (χ2v) is 6.17. The van der Waals surface area contributed by atoms with Crippen molar-refractivity contribution in [2.24, 2.45) is 5.73 Å². The molecule has 2 atom stereocenters. The molecule has 1 saturated heterocycles. The molecule has 0 saturated carbocycles. The van der Waals surface area contributed by atoms with Gasteiger partial charge in [-0.3, -0.25) is 4.79 Å². The number of H-pyrrole nitrogens is 1. The summed E-state index contributed by atoms with van der Waals surface area (Å²) in [6.07, 6.45) is 2.48. The van der Waals surface area contributed by atoms with Crippen molar-refractivity contribution in [3.05, 3.63) is 36.0 Å². The van der Waals surface area contributed by atoms with E-state index >= 15 is 0 Å². The van der Waals surface area contributed by atoms with Crippen LogP contribution >= 0.6 is 12.4 Å². The molecule has 1 fully saturated rings. The van der Waals surface area contributed by atoms with Gasteiger partial charge in [0.05, 0.1) is 18.8 Å². The number of amides is 1. The van der Waals surface area contributed by atoms with Crippen molar-refractivity contribution >= 4 is 29.2 Å². The van der Waals surface area contributed by atoms with Crippen molar-refractivity contribution in [2.45, 2.75) is 18.6 Å². The Morgan fingerprint density at radius 3 is 3.08 bits per heavy atom. The standard InChI is InChI=1S/C17H24N4O2.ClH/c1-21-6-7-23-13(11-21)10-20-17(22)15(18)8-12-9-19-16-5-3-2-4-14(12)16;/h2-5,9,13,15,19H,6-8,10-11,18H2,1H3,(H,20,22);1H/t13?,15-;/m0./s1. The zero-order chi connectivity index (χ0) is 16.2. The fourth-order valence-electron chi connectivity index (χ4n) is 2.97. The number of fused-ring (bicyclic) bond motifs is 1. The largest absolute Gasteiger partial charge is 0.374 e. The molecule has 0 bridgehead atoms. The van der Waals surface area contributed by atoms with E-state index in [2.05, 4.69) is 22.2 Å². The van der Waals surface area contributed by atoms with E-state index in [1.54, 1.807) is 0 Å². The van der Waals surface area contributed by atoms with Crippen LogP contribution in [0.1, 0.15) is 5.56 Å². The van der Waals surface area contributed by atoms with Crippen molar-refractivity contribution in [1.82, 2.24) is 15.2 Å². The van der Waals surface area contributed by atoms with E-state index in [0.717, 1.165) is 29.6 Å². The summed E-state index contributed by atoms with van der Waals surface area (Å²) in [5.74, 6) is -0.132. The number of para-hydroxylation sites is 1. The zero-order valence-electron chi connectivity index (χ0n) is 13.8. The van der Waals surface area contributed by atoms with Crippen LogP contribution in [0.25, 0.3) is 10.9 Å². The lowest BCUT2D eigenvalue weighted by molar-refractivity contribution is -0.123. The number of hydrogen-bond acceptors (Lipinski definition) is 4. The number of morpholine rings is 1. The molecule has 132 valence electrons. The molecule has 4 N–H and O–H groups in total. The maximum atomic E-state index is 12.2. The Kier molecular flexibility index (Phi) is 6.62. The molecule has 2 heterocycles. The van der Waals surface area contributed by atoms with E-state index in [1.807, 2.05) is 30.5 Å². The number of nitrogens with two attached hydrogens (primary N) is 1. The number of carbonyl (C=O) groups excluding carboxylic acids is 1. The topological polar surface area (TPSA) is 83.4 Å². The molecule has 1 aromatic carbocycles. The van der Waals surface area contributed by atoms with Crippen molar-refractivity contribution in [1.29, 1.82) is 0 Å². The van der Waals surface area contributed by atoms with E-state index in [1.165, 1.54) is 0 Å². The van der Waals surface area contributed by atoms with Crippen molar-refractivity contribution < 1.29 is 9.53 Å². The summed E-state index contributed by atoms with van der Waals surface area (Å²) in [5.41, 5.74) is 8.20. The number of carbonyl (C=O) groups is 1. The molecule has 1 aromatic heterocycles. The quantitative estimate of drug-likeness (QED) is 0.746. The molecule has 3 rings (SSSR count). The fourth-order valence-corrected chi connectivity index (χ4v) is 2.97. The van der Waals surface area contributed by atoms with E-state index < -0.39 is 6.04 Å². The minimum Gasteiger partial charge on any atom is -0.374 e. The van der Waals surface area contributed by atoms with Gasteiger partial charge >= 0.3 is 0 Å². The maximum Gasteiger partial charge on any atom is 0.237 e. The van der Waals surface area contributed by atoms with Crippen LogP contribution in [0.2, 0.25) is 0 Å². The van der Waals surface area contributed by atoms with Gasteiger partial charge in [-0.05, 0) is 25.1 Å². The van der Waals surface area contributed by atoms with Gasteiger partial charge < -0.3 is 25.7 Å². The number of ether oxygens (including phenoxy) is 1. The number of hydrogen-bond donors (Lipinski definition) is 3. The van der Waals surface area contributed by atoms with Gasteiger partial charge in [-0.2, -0.15) is 0 Å². The lowest BCUT2D eigenvalue weighted by atomic mass is 10.1. The Labute approximate surface area is 148 Å². The number of halogens is 1. The number of likely N-dealkylation sites (N-methyl/N-ethyl adjacent to an activating group) is 1. The first kappa shape index (κ1) is 18.7. The van der Waals surface area contributed by atoms with Crippen molar-refractivity contribution in [3.8, 4) is 0 Å². The number of aromatic nitrogens is 1. The molecule has 7 heteroatoms. The second-order valence-electron chi connectivity index (χ2n) is 6.17. The number of benzene rings is 1. The first-order chi connectivity index (χ1) is 11.1. The van der Waals surface area contributed by atoms with Gasteiger partial charge in [-0.15, -0.1) is 12.4 Å². The predicted molar refractivity (Wildman–Crippen MR) is 97.5 cm³/mol. The summed E-state index contributed by atoms with van der Waals surface area (Å²) in [4.78, 5) is 17.6. The van der Waals surface area contributed by atoms with Crippen LogP contribution in [-0.4, -0.2) is 61.2 Å². The first-order valence-electron chi connectivity index (χ1n) is 8.02. The number of nitrogens with one attached hydrogen (secondary N) is 2. The highest BCUT2D eigenvalue weighted by Crippen LogP contribution is 2.18. The van der Waals surface area contributed by atoms with Crippen molar-refractivity contribution in [3.63, 3.8) is 0 Å². The molecule has 0 radical (unpaired) electrons. The van der Waals surface area contributed by atoms with Crippen LogP contribution in [-0.2, 0) is 16.0 Å². The SMILES string of the molecule is CN1CCOC(CNC(=O)[C@@H](N)Cc2c[nH]c3ccccc23)C1.Cl. The highest BCUT2D eigenvalue weighted by molar-refractivity contribution is 5.86. The summed E-state index contributed by atoms with van der Waals surface area (Å²) in [5, 5.41) is 4.03. The molecule has 0 spiro atoms. The summed E-state index contributed by atoms with van der Waals surface area (Å²) in [6.45, 7) is 2.98. The minimum atomic E-state index is -0.560. The van der Waals surface area contributed by atoms with Crippen LogP contribution in [0.3, 0.4) is 0 Å². The molecule has 0 aliphatic carbocycles. The highest BCUT2D eigenvalue weighted by Gasteiger charge is 2.21. The third-order valence-corrected chi connectivity index (χ3v) is 4.30. The first-order valence-corrected chi connectivity index (χ1v) is 8.02. The van der Waals surface area contributed by atoms with E-state index in [4.69, 9.17) is 10.5 Å². The molecular weight excluding hydrogens is 328 g/mol. The normalized spacial score (nSPS) is 19.7. The summed E-state index contributed by atoms with van der Waals surface area (Å²) in [7, 11) is 2.06. The number of rotatable bonds is 5. The Morgan fingerprint density at radius 2 is 2.29 bits per heavy atom. The summed E-state index contributed by atoms with van der Waals surface area (Å²) < 4.78 is 5.64. The molecule has 24 heavy (non-hydrogen) atoms. The molecular formula is C17H25ClN4O2. The van der Waals surface area contributed by atoms with Crippen LogP contribution in [0.5, 0.6) is 0 Å². The number of aromatic amines is 1. The van der Waals surface area contributed by atoms with Gasteiger partial charge in [0.2, 0.25) is 5.91 Å². The van der Waals surface area contributed by atoms with Gasteiger partial charge in [-0.1, -0.05) is 18.2 Å². The Balaban J connectivity index is 0.00000208. The van der Waals surface area contributed by atoms with E-state index in [9.17, 15) is 4.79 Å².